The number of nitrogens with zero attached hydrogens (tertiary/aromatic N) is 1. The number of carbonyl (C=O) groups excluding carboxylic acids is 4. The van der Waals surface area contributed by atoms with Crippen LogP contribution in [0.2, 0.25) is 0 Å². The van der Waals surface area contributed by atoms with Crippen LogP contribution in [0.5, 0.6) is 0 Å². The number of hydrazine groups is 1. The summed E-state index contributed by atoms with van der Waals surface area (Å²) in [5, 5.41) is 3.84. The van der Waals surface area contributed by atoms with Gasteiger partial charge in [0.15, 0.2) is 6.10 Å². The molecule has 1 aliphatic rings. The van der Waals surface area contributed by atoms with Gasteiger partial charge in [-0.25, -0.2) is 5.43 Å². The number of allylic oxidation sites excluding steroid dienone is 1. The second-order valence-electron chi connectivity index (χ2n) is 8.88. The monoisotopic (exact) mass is 571 g/mol. The van der Waals surface area contributed by atoms with Crippen molar-refractivity contribution < 1.29 is 33.4 Å². The van der Waals surface area contributed by atoms with Gasteiger partial charge < -0.3 is 19.5 Å². The number of amides is 2. The van der Waals surface area contributed by atoms with Crippen LogP contribution in [0.4, 0.5) is 0 Å². The number of hydrogen-bond donors (Lipinski definition) is 2. The van der Waals surface area contributed by atoms with Gasteiger partial charge in [-0.1, -0.05) is 60.8 Å². The fourth-order valence-electron chi connectivity index (χ4n) is 3.46. The van der Waals surface area contributed by atoms with Crippen LogP contribution in [0, 0.1) is 11.8 Å². The Balaban J connectivity index is 2.76. The number of alkyl halides is 3. The molecule has 206 valence electrons. The second kappa shape index (κ2) is 15.0. The van der Waals surface area contributed by atoms with Gasteiger partial charge in [0.1, 0.15) is 18.7 Å². The Labute approximate surface area is 227 Å². The van der Waals surface area contributed by atoms with E-state index in [1.165, 1.54) is 19.0 Å². The van der Waals surface area contributed by atoms with E-state index in [2.05, 4.69) is 10.7 Å². The Kier molecular flexibility index (Phi) is 13.5. The van der Waals surface area contributed by atoms with Crippen LogP contribution in [0.3, 0.4) is 0 Å². The largest absolute Gasteiger partial charge is 0.460 e. The molecule has 0 radical (unpaired) electrons. The molecule has 36 heavy (non-hydrogen) atoms. The van der Waals surface area contributed by atoms with E-state index in [0.29, 0.717) is 19.4 Å². The van der Waals surface area contributed by atoms with Crippen molar-refractivity contribution in [2.75, 3.05) is 20.3 Å². The van der Waals surface area contributed by atoms with E-state index >= 15 is 0 Å². The summed E-state index contributed by atoms with van der Waals surface area (Å²) in [7, 11) is 1.48. The molecular weight excluding hydrogens is 537 g/mol. The highest BCUT2D eigenvalue weighted by Gasteiger charge is 2.35. The maximum Gasteiger partial charge on any atom is 0.325 e. The van der Waals surface area contributed by atoms with Gasteiger partial charge >= 0.3 is 11.9 Å². The van der Waals surface area contributed by atoms with Crippen molar-refractivity contribution in [3.63, 3.8) is 0 Å². The molecule has 1 rings (SSSR count). The second-order valence-corrected chi connectivity index (χ2v) is 11.4. The van der Waals surface area contributed by atoms with Gasteiger partial charge in [-0.2, -0.15) is 0 Å². The average Bonchev–Trinajstić information content (AvgIpc) is 2.82. The fraction of sp³-hybridized carbons (Fsp3) is 0.739. The zero-order valence-corrected chi connectivity index (χ0v) is 23.7. The first kappa shape index (κ1) is 32.4. The number of hydrogen-bond acceptors (Lipinski definition) is 8. The van der Waals surface area contributed by atoms with Gasteiger partial charge in [-0.3, -0.25) is 24.2 Å². The van der Waals surface area contributed by atoms with E-state index in [1.807, 2.05) is 0 Å². The van der Waals surface area contributed by atoms with Crippen LogP contribution in [0.15, 0.2) is 12.2 Å². The van der Waals surface area contributed by atoms with Crippen molar-refractivity contribution in [2.24, 2.45) is 11.8 Å². The lowest BCUT2D eigenvalue weighted by Crippen LogP contribution is -2.60. The van der Waals surface area contributed by atoms with Crippen LogP contribution in [-0.2, 0) is 33.4 Å². The van der Waals surface area contributed by atoms with Crippen LogP contribution >= 0.6 is 34.8 Å². The van der Waals surface area contributed by atoms with E-state index in [4.69, 9.17) is 49.0 Å². The van der Waals surface area contributed by atoms with E-state index in [1.54, 1.807) is 39.8 Å². The first-order chi connectivity index (χ1) is 16.7. The molecule has 5 atom stereocenters. The van der Waals surface area contributed by atoms with Crippen molar-refractivity contribution in [1.29, 1.82) is 0 Å². The summed E-state index contributed by atoms with van der Waals surface area (Å²) in [6.07, 6.45) is 2.81. The lowest BCUT2D eigenvalue weighted by atomic mass is 10.0. The molecule has 0 aromatic rings. The smallest absolute Gasteiger partial charge is 0.325 e. The molecule has 0 aliphatic carbocycles. The van der Waals surface area contributed by atoms with Gasteiger partial charge in [-0.05, 0) is 39.5 Å². The van der Waals surface area contributed by atoms with Gasteiger partial charge in [0.25, 0.3) is 11.8 Å². The molecule has 2 N–H and O–H groups in total. The standard InChI is InChI=1S/C23H36Cl3N3O7/c1-7-9-17(34-6)14(4)21(32)36-18(13(2)3)19(30)27-15(5)20(31)29-11-8-10-16(28-29)22(33)35-12-23(24,25)26/h7,9,13-18,28H,8,10-12H2,1-6H3,(H,27,30)/b9-7+/t14-,15+,16+,17-,18?/m1/s1. The van der Waals surface area contributed by atoms with Crippen molar-refractivity contribution in [1.82, 2.24) is 15.8 Å². The fourth-order valence-corrected chi connectivity index (χ4v) is 3.62. The lowest BCUT2D eigenvalue weighted by molar-refractivity contribution is -0.165. The summed E-state index contributed by atoms with van der Waals surface area (Å²) in [6, 6.07) is -1.78. The highest BCUT2D eigenvalue weighted by molar-refractivity contribution is 6.67. The summed E-state index contributed by atoms with van der Waals surface area (Å²) in [4.78, 5) is 50.8. The predicted octanol–water partition coefficient (Wildman–Crippen LogP) is 2.70. The number of methoxy groups -OCH3 is 1. The molecule has 0 bridgehead atoms. The molecule has 0 saturated carbocycles. The summed E-state index contributed by atoms with van der Waals surface area (Å²) >= 11 is 16.8. The Bertz CT molecular complexity index is 804. The summed E-state index contributed by atoms with van der Waals surface area (Å²) in [5.41, 5.74) is 2.80. The maximum atomic E-state index is 12.9. The van der Waals surface area contributed by atoms with Gasteiger partial charge in [0.2, 0.25) is 3.79 Å². The van der Waals surface area contributed by atoms with Gasteiger partial charge in [0, 0.05) is 13.7 Å². The highest BCUT2D eigenvalue weighted by Crippen LogP contribution is 2.26. The molecule has 10 nitrogen and oxygen atoms in total. The van der Waals surface area contributed by atoms with Crippen LogP contribution in [0.25, 0.3) is 0 Å². The van der Waals surface area contributed by atoms with Gasteiger partial charge in [0.05, 0.1) is 12.0 Å². The van der Waals surface area contributed by atoms with Crippen molar-refractivity contribution in [3.8, 4) is 0 Å². The van der Waals surface area contributed by atoms with Crippen molar-refractivity contribution in [2.45, 2.75) is 75.5 Å². The van der Waals surface area contributed by atoms with Crippen molar-refractivity contribution in [3.05, 3.63) is 12.2 Å². The zero-order chi connectivity index (χ0) is 27.6. The lowest BCUT2D eigenvalue weighted by Gasteiger charge is -2.34. The maximum absolute atomic E-state index is 12.9. The van der Waals surface area contributed by atoms with Crippen LogP contribution < -0.4 is 10.7 Å². The van der Waals surface area contributed by atoms with Gasteiger partial charge in [-0.15, -0.1) is 0 Å². The first-order valence-electron chi connectivity index (χ1n) is 11.7. The number of nitrogens with one attached hydrogen (secondary N) is 2. The highest BCUT2D eigenvalue weighted by atomic mass is 35.6. The van der Waals surface area contributed by atoms with E-state index in [0.717, 1.165) is 0 Å². The number of halogens is 3. The molecule has 1 fully saturated rings. The molecule has 1 saturated heterocycles. The number of carbonyl (C=O) groups is 4. The minimum atomic E-state index is -1.75. The third kappa shape index (κ3) is 10.4. The third-order valence-electron chi connectivity index (χ3n) is 5.47. The molecule has 0 aromatic heterocycles. The number of esters is 2. The average molecular weight is 573 g/mol. The quantitative estimate of drug-likeness (QED) is 0.220. The molecule has 13 heteroatoms. The topological polar surface area (TPSA) is 123 Å². The minimum absolute atomic E-state index is 0.316. The number of ether oxygens (including phenoxy) is 3. The Hall–Kier alpha value is -1.59. The van der Waals surface area contributed by atoms with Crippen molar-refractivity contribution >= 4 is 58.6 Å². The normalized spacial score (nSPS) is 19.9. The SMILES string of the molecule is C/C=C/[C@@H](OC)[C@@H](C)C(=O)OC(C(=O)N[C@@H](C)C(=O)N1CCC[C@@H](C(=O)OCC(Cl)(Cl)Cl)N1)C(C)C. The predicted molar refractivity (Wildman–Crippen MR) is 136 cm³/mol. The Morgan fingerprint density at radius 3 is 2.33 bits per heavy atom. The van der Waals surface area contributed by atoms with E-state index in [-0.39, 0.29) is 5.92 Å². The molecular formula is C23H36Cl3N3O7. The molecule has 2 amide bonds. The summed E-state index contributed by atoms with van der Waals surface area (Å²) < 4.78 is 14.0. The van der Waals surface area contributed by atoms with E-state index in [9.17, 15) is 19.2 Å². The third-order valence-corrected chi connectivity index (χ3v) is 5.80. The number of rotatable bonds is 11. The molecule has 1 heterocycles. The first-order valence-corrected chi connectivity index (χ1v) is 12.8. The molecule has 0 spiro atoms. The molecule has 1 unspecified atom stereocenters. The Morgan fingerprint density at radius 1 is 1.17 bits per heavy atom. The summed E-state index contributed by atoms with van der Waals surface area (Å²) in [6.45, 7) is 8.30. The summed E-state index contributed by atoms with van der Waals surface area (Å²) in [5.74, 6) is -3.34. The molecule has 1 aliphatic heterocycles. The molecule has 0 aromatic carbocycles. The van der Waals surface area contributed by atoms with E-state index < -0.39 is 64.4 Å². The Morgan fingerprint density at radius 2 is 1.81 bits per heavy atom. The van der Waals surface area contributed by atoms with Crippen LogP contribution in [0.1, 0.15) is 47.5 Å². The zero-order valence-electron chi connectivity index (χ0n) is 21.4. The minimum Gasteiger partial charge on any atom is -0.460 e. The van der Waals surface area contributed by atoms with Crippen LogP contribution in [-0.4, -0.2) is 77.1 Å².